The van der Waals surface area contributed by atoms with Gasteiger partial charge in [-0.1, -0.05) is 24.3 Å². The summed E-state index contributed by atoms with van der Waals surface area (Å²) in [6.07, 6.45) is 1.52. The predicted octanol–water partition coefficient (Wildman–Crippen LogP) is 3.70. The molecule has 0 saturated heterocycles. The lowest BCUT2D eigenvalue weighted by atomic mass is 10.2. The minimum Gasteiger partial charge on any atom is -0.310 e. The molecule has 0 saturated carbocycles. The largest absolute Gasteiger partial charge is 0.310 e. The van der Waals surface area contributed by atoms with Crippen LogP contribution in [0, 0.1) is 11.6 Å². The maximum absolute atomic E-state index is 14.2. The number of carbonyl (C=O) groups excluding carboxylic acids is 1. The molecule has 0 aliphatic heterocycles. The number of aromatic nitrogens is 1. The molecule has 0 radical (unpaired) electrons. The lowest BCUT2D eigenvalue weighted by Gasteiger charge is -2.03. The molecule has 28 heavy (non-hydrogen) atoms. The monoisotopic (exact) mass is 422 g/mol. The van der Waals surface area contributed by atoms with Crippen LogP contribution in [-0.2, 0) is 16.4 Å². The van der Waals surface area contributed by atoms with Crippen molar-refractivity contribution in [1.29, 1.82) is 0 Å². The van der Waals surface area contributed by atoms with Crippen molar-refractivity contribution in [2.45, 2.75) is 18.4 Å². The van der Waals surface area contributed by atoms with Crippen LogP contribution in [0.4, 0.5) is 8.78 Å². The molecule has 5 nitrogen and oxygen atoms in total. The second-order valence-corrected chi connectivity index (χ2v) is 9.15. The van der Waals surface area contributed by atoms with Gasteiger partial charge in [-0.2, -0.15) is 4.99 Å². The smallest absolute Gasteiger partial charge is 0.279 e. The van der Waals surface area contributed by atoms with Gasteiger partial charge in [0.05, 0.1) is 20.9 Å². The number of hydrogen-bond acceptors (Lipinski definition) is 4. The Labute approximate surface area is 164 Å². The van der Waals surface area contributed by atoms with Crippen LogP contribution in [0.1, 0.15) is 17.3 Å². The van der Waals surface area contributed by atoms with Crippen LogP contribution >= 0.6 is 11.3 Å². The van der Waals surface area contributed by atoms with E-state index in [9.17, 15) is 22.0 Å². The Balaban J connectivity index is 2.09. The van der Waals surface area contributed by atoms with E-state index in [-0.39, 0.29) is 33.1 Å². The summed E-state index contributed by atoms with van der Waals surface area (Å²) in [7, 11) is -3.37. The molecule has 0 spiro atoms. The first-order chi connectivity index (χ1) is 13.3. The summed E-state index contributed by atoms with van der Waals surface area (Å²) in [6.45, 7) is 5.33. The quantitative estimate of drug-likeness (QED) is 0.589. The summed E-state index contributed by atoms with van der Waals surface area (Å²) >= 11 is 0.978. The molecular formula is C19H16F2N2O3S2. The molecule has 1 amide bonds. The molecule has 0 atom stereocenters. The highest BCUT2D eigenvalue weighted by atomic mass is 32.2. The average Bonchev–Trinajstić information content (AvgIpc) is 2.99. The number of sulfone groups is 1. The van der Waals surface area contributed by atoms with Crippen molar-refractivity contribution < 1.29 is 22.0 Å². The Morgan fingerprint density at radius 2 is 1.93 bits per heavy atom. The summed E-state index contributed by atoms with van der Waals surface area (Å²) in [5.41, 5.74) is 0.326. The molecule has 0 bridgehead atoms. The van der Waals surface area contributed by atoms with Gasteiger partial charge < -0.3 is 4.57 Å². The van der Waals surface area contributed by atoms with Crippen LogP contribution in [0.2, 0.25) is 0 Å². The van der Waals surface area contributed by atoms with Gasteiger partial charge in [0.2, 0.25) is 0 Å². The first-order valence-corrected chi connectivity index (χ1v) is 10.7. The number of allylic oxidation sites excluding steroid dienone is 1. The summed E-state index contributed by atoms with van der Waals surface area (Å²) in [4.78, 5) is 16.8. The molecule has 0 N–H and O–H groups in total. The summed E-state index contributed by atoms with van der Waals surface area (Å²) in [5.74, 6) is -2.14. The second kappa shape index (κ2) is 7.76. The van der Waals surface area contributed by atoms with E-state index in [2.05, 4.69) is 11.6 Å². The Hall–Kier alpha value is -2.65. The SMILES string of the molecule is C=CCn1c(=NC(=O)c2ccc(S(=O)(=O)CC)cc2)sc2cc(F)cc(F)c21. The van der Waals surface area contributed by atoms with Crippen molar-refractivity contribution in [3.63, 3.8) is 0 Å². The van der Waals surface area contributed by atoms with E-state index in [4.69, 9.17) is 0 Å². The highest BCUT2D eigenvalue weighted by Crippen LogP contribution is 2.22. The average molecular weight is 422 g/mol. The fraction of sp³-hybridized carbons (Fsp3) is 0.158. The molecule has 9 heteroatoms. The lowest BCUT2D eigenvalue weighted by molar-refractivity contribution is 0.0997. The molecule has 1 heterocycles. The zero-order valence-electron chi connectivity index (χ0n) is 14.9. The molecule has 0 fully saturated rings. The molecule has 146 valence electrons. The molecular weight excluding hydrogens is 406 g/mol. The Kier molecular flexibility index (Phi) is 5.57. The second-order valence-electron chi connectivity index (χ2n) is 5.86. The highest BCUT2D eigenvalue weighted by Gasteiger charge is 2.15. The molecule has 0 unspecified atom stereocenters. The number of nitrogens with zero attached hydrogens (tertiary/aromatic N) is 2. The Morgan fingerprint density at radius 1 is 1.25 bits per heavy atom. The third-order valence-corrected chi connectivity index (χ3v) is 6.82. The van der Waals surface area contributed by atoms with Gasteiger partial charge in [0.25, 0.3) is 5.91 Å². The van der Waals surface area contributed by atoms with E-state index < -0.39 is 27.4 Å². The lowest BCUT2D eigenvalue weighted by Crippen LogP contribution is -2.17. The predicted molar refractivity (Wildman–Crippen MR) is 104 cm³/mol. The first kappa shape index (κ1) is 20.1. The van der Waals surface area contributed by atoms with Crippen LogP contribution < -0.4 is 4.80 Å². The molecule has 2 aromatic carbocycles. The normalized spacial score (nSPS) is 12.5. The number of fused-ring (bicyclic) bond motifs is 1. The molecule has 3 aromatic rings. The summed E-state index contributed by atoms with van der Waals surface area (Å²) in [5, 5.41) is 0. The van der Waals surface area contributed by atoms with Crippen LogP contribution in [0.25, 0.3) is 10.2 Å². The van der Waals surface area contributed by atoms with Gasteiger partial charge in [-0.25, -0.2) is 17.2 Å². The fourth-order valence-corrected chi connectivity index (χ4v) is 4.60. The number of hydrogen-bond donors (Lipinski definition) is 0. The number of thiazole rings is 1. The fourth-order valence-electron chi connectivity index (χ4n) is 2.64. The molecule has 0 aliphatic rings. The Morgan fingerprint density at radius 3 is 2.54 bits per heavy atom. The standard InChI is InChI=1S/C19H16F2N2O3S2/c1-3-9-23-17-15(21)10-13(20)11-16(17)27-19(23)22-18(24)12-5-7-14(8-6-12)28(25,26)4-2/h3,5-8,10-11H,1,4,9H2,2H3. The molecule has 1 aromatic heterocycles. The number of amides is 1. The van der Waals surface area contributed by atoms with Gasteiger partial charge >= 0.3 is 0 Å². The van der Waals surface area contributed by atoms with Crippen LogP contribution in [0.3, 0.4) is 0 Å². The van der Waals surface area contributed by atoms with Crippen molar-refractivity contribution in [1.82, 2.24) is 4.57 Å². The van der Waals surface area contributed by atoms with E-state index in [1.54, 1.807) is 0 Å². The summed E-state index contributed by atoms with van der Waals surface area (Å²) < 4.78 is 53.2. The summed E-state index contributed by atoms with van der Waals surface area (Å²) in [6, 6.07) is 7.39. The van der Waals surface area contributed by atoms with Gasteiger partial charge in [-0.05, 0) is 30.3 Å². The maximum atomic E-state index is 14.2. The van der Waals surface area contributed by atoms with E-state index in [0.717, 1.165) is 17.4 Å². The number of rotatable bonds is 5. The maximum Gasteiger partial charge on any atom is 0.279 e. The zero-order chi connectivity index (χ0) is 20.5. The zero-order valence-corrected chi connectivity index (χ0v) is 16.5. The van der Waals surface area contributed by atoms with Crippen molar-refractivity contribution in [3.05, 3.63) is 71.1 Å². The van der Waals surface area contributed by atoms with Crippen molar-refractivity contribution >= 4 is 37.3 Å². The van der Waals surface area contributed by atoms with Crippen LogP contribution in [0.5, 0.6) is 0 Å². The van der Waals surface area contributed by atoms with Gasteiger partial charge in [0.1, 0.15) is 5.82 Å². The number of halogens is 2. The van der Waals surface area contributed by atoms with Gasteiger partial charge in [0.15, 0.2) is 20.5 Å². The number of carbonyl (C=O) groups is 1. The minimum absolute atomic E-state index is 0.0455. The molecule has 3 rings (SSSR count). The third kappa shape index (κ3) is 3.81. The van der Waals surface area contributed by atoms with E-state index in [1.165, 1.54) is 47.9 Å². The van der Waals surface area contributed by atoms with Crippen molar-refractivity contribution in [2.75, 3.05) is 5.75 Å². The topological polar surface area (TPSA) is 68.5 Å². The van der Waals surface area contributed by atoms with E-state index in [1.807, 2.05) is 0 Å². The van der Waals surface area contributed by atoms with Crippen molar-refractivity contribution in [3.8, 4) is 0 Å². The van der Waals surface area contributed by atoms with E-state index >= 15 is 0 Å². The van der Waals surface area contributed by atoms with Crippen LogP contribution in [0.15, 0.2) is 58.9 Å². The number of benzene rings is 2. The van der Waals surface area contributed by atoms with Gasteiger partial charge in [-0.15, -0.1) is 6.58 Å². The molecule has 0 aliphatic carbocycles. The Bertz CT molecular complexity index is 1240. The van der Waals surface area contributed by atoms with Crippen molar-refractivity contribution in [2.24, 2.45) is 4.99 Å². The van der Waals surface area contributed by atoms with Gasteiger partial charge in [0, 0.05) is 18.2 Å². The third-order valence-electron chi connectivity index (χ3n) is 4.04. The van der Waals surface area contributed by atoms with Crippen LogP contribution in [-0.4, -0.2) is 24.6 Å². The first-order valence-electron chi connectivity index (χ1n) is 8.28. The highest BCUT2D eigenvalue weighted by molar-refractivity contribution is 7.91. The minimum atomic E-state index is -3.37. The van der Waals surface area contributed by atoms with E-state index in [0.29, 0.717) is 4.70 Å². The van der Waals surface area contributed by atoms with Gasteiger partial charge in [-0.3, -0.25) is 4.79 Å².